The molecular formula is C15H25N3O. The molecule has 0 spiro atoms. The fourth-order valence-corrected chi connectivity index (χ4v) is 1.79. The molecule has 2 N–H and O–H groups in total. The summed E-state index contributed by atoms with van der Waals surface area (Å²) in [5, 5.41) is 0. The van der Waals surface area contributed by atoms with E-state index in [1.54, 1.807) is 11.9 Å². The standard InChI is InChI=1S/C15H25N3O/c1-11(2)14(16)15(19)18(5)10-12-6-8-13(9-7-12)17(3)4/h6-9,11,14H,10,16H2,1-5H3/t14-/m1/s1. The molecule has 1 aromatic rings. The van der Waals surface area contributed by atoms with Crippen molar-refractivity contribution >= 4 is 11.6 Å². The second-order valence-corrected chi connectivity index (χ2v) is 5.52. The van der Waals surface area contributed by atoms with Gasteiger partial charge in [0.05, 0.1) is 6.04 Å². The molecule has 0 radical (unpaired) electrons. The quantitative estimate of drug-likeness (QED) is 0.879. The first-order valence-electron chi connectivity index (χ1n) is 6.59. The molecule has 4 nitrogen and oxygen atoms in total. The summed E-state index contributed by atoms with van der Waals surface area (Å²) in [5.41, 5.74) is 8.14. The average molecular weight is 263 g/mol. The monoisotopic (exact) mass is 263 g/mol. The number of nitrogens with two attached hydrogens (primary N) is 1. The number of nitrogens with zero attached hydrogens (tertiary/aromatic N) is 2. The van der Waals surface area contributed by atoms with Crippen LogP contribution in [0, 0.1) is 5.92 Å². The van der Waals surface area contributed by atoms with Crippen molar-refractivity contribution in [2.75, 3.05) is 26.0 Å². The maximum absolute atomic E-state index is 12.1. The van der Waals surface area contributed by atoms with Gasteiger partial charge in [0.15, 0.2) is 0 Å². The molecule has 0 heterocycles. The van der Waals surface area contributed by atoms with Crippen LogP contribution in [0.15, 0.2) is 24.3 Å². The Hall–Kier alpha value is -1.55. The van der Waals surface area contributed by atoms with Crippen LogP contribution in [-0.4, -0.2) is 38.0 Å². The van der Waals surface area contributed by atoms with Crippen LogP contribution in [0.2, 0.25) is 0 Å². The van der Waals surface area contributed by atoms with Crippen LogP contribution in [0.4, 0.5) is 5.69 Å². The lowest BCUT2D eigenvalue weighted by atomic mass is 10.0. The molecule has 1 rings (SSSR count). The third kappa shape index (κ3) is 4.24. The lowest BCUT2D eigenvalue weighted by molar-refractivity contribution is -0.132. The lowest BCUT2D eigenvalue weighted by Gasteiger charge is -2.23. The summed E-state index contributed by atoms with van der Waals surface area (Å²) in [4.78, 5) is 15.8. The smallest absolute Gasteiger partial charge is 0.239 e. The van der Waals surface area contributed by atoms with Gasteiger partial charge in [-0.15, -0.1) is 0 Å². The van der Waals surface area contributed by atoms with E-state index in [0.717, 1.165) is 11.3 Å². The van der Waals surface area contributed by atoms with Crippen LogP contribution in [0.1, 0.15) is 19.4 Å². The molecule has 0 saturated carbocycles. The van der Waals surface area contributed by atoms with Crippen molar-refractivity contribution < 1.29 is 4.79 Å². The van der Waals surface area contributed by atoms with Gasteiger partial charge in [-0.3, -0.25) is 4.79 Å². The van der Waals surface area contributed by atoms with E-state index in [-0.39, 0.29) is 11.8 Å². The molecule has 1 aromatic carbocycles. The van der Waals surface area contributed by atoms with E-state index >= 15 is 0 Å². The van der Waals surface area contributed by atoms with Gasteiger partial charge in [0, 0.05) is 33.4 Å². The number of carbonyl (C=O) groups excluding carboxylic acids is 1. The Morgan fingerprint density at radius 2 is 1.68 bits per heavy atom. The highest BCUT2D eigenvalue weighted by Gasteiger charge is 2.20. The second kappa shape index (κ2) is 6.57. The Labute approximate surface area is 116 Å². The zero-order valence-electron chi connectivity index (χ0n) is 12.6. The predicted molar refractivity (Wildman–Crippen MR) is 80.1 cm³/mol. The molecule has 106 valence electrons. The van der Waals surface area contributed by atoms with Gasteiger partial charge in [-0.25, -0.2) is 0 Å². The molecule has 0 unspecified atom stereocenters. The van der Waals surface area contributed by atoms with Crippen LogP contribution >= 0.6 is 0 Å². The minimum absolute atomic E-state index is 0.00770. The maximum Gasteiger partial charge on any atom is 0.239 e. The Kier molecular flexibility index (Phi) is 5.36. The highest BCUT2D eigenvalue weighted by Crippen LogP contribution is 2.14. The van der Waals surface area contributed by atoms with Gasteiger partial charge in [0.25, 0.3) is 0 Å². The minimum Gasteiger partial charge on any atom is -0.378 e. The fourth-order valence-electron chi connectivity index (χ4n) is 1.79. The SMILES string of the molecule is CC(C)[C@@H](N)C(=O)N(C)Cc1ccc(N(C)C)cc1. The lowest BCUT2D eigenvalue weighted by Crippen LogP contribution is -2.44. The third-order valence-corrected chi connectivity index (χ3v) is 3.25. The first kappa shape index (κ1) is 15.5. The van der Waals surface area contributed by atoms with Crippen LogP contribution in [0.25, 0.3) is 0 Å². The number of rotatable bonds is 5. The van der Waals surface area contributed by atoms with Gasteiger partial charge in [-0.2, -0.15) is 0 Å². The minimum atomic E-state index is -0.425. The van der Waals surface area contributed by atoms with Crippen molar-refractivity contribution in [3.63, 3.8) is 0 Å². The van der Waals surface area contributed by atoms with Crippen molar-refractivity contribution in [2.24, 2.45) is 11.7 Å². The summed E-state index contributed by atoms with van der Waals surface area (Å²) in [6.07, 6.45) is 0. The van der Waals surface area contributed by atoms with E-state index in [1.807, 2.05) is 45.0 Å². The number of hydrogen-bond acceptors (Lipinski definition) is 3. The molecular weight excluding hydrogens is 238 g/mol. The molecule has 1 amide bonds. The van der Waals surface area contributed by atoms with E-state index in [2.05, 4.69) is 12.1 Å². The highest BCUT2D eigenvalue weighted by molar-refractivity contribution is 5.81. The van der Waals surface area contributed by atoms with Gasteiger partial charge in [0.2, 0.25) is 5.91 Å². The van der Waals surface area contributed by atoms with E-state index in [0.29, 0.717) is 6.54 Å². The molecule has 0 fully saturated rings. The molecule has 0 aliphatic heterocycles. The Morgan fingerprint density at radius 3 is 2.11 bits per heavy atom. The van der Waals surface area contributed by atoms with Gasteiger partial charge in [-0.05, 0) is 23.6 Å². The Morgan fingerprint density at radius 1 is 1.16 bits per heavy atom. The zero-order chi connectivity index (χ0) is 14.6. The number of likely N-dealkylation sites (N-methyl/N-ethyl adjacent to an activating group) is 1. The number of anilines is 1. The molecule has 0 bridgehead atoms. The summed E-state index contributed by atoms with van der Waals surface area (Å²) >= 11 is 0. The van der Waals surface area contributed by atoms with Gasteiger partial charge >= 0.3 is 0 Å². The Bertz CT molecular complexity index is 412. The molecule has 4 heteroatoms. The van der Waals surface area contributed by atoms with Crippen LogP contribution in [0.3, 0.4) is 0 Å². The van der Waals surface area contributed by atoms with Crippen LogP contribution in [-0.2, 0) is 11.3 Å². The largest absolute Gasteiger partial charge is 0.378 e. The molecule has 0 saturated heterocycles. The number of benzene rings is 1. The Balaban J connectivity index is 2.66. The predicted octanol–water partition coefficient (Wildman–Crippen LogP) is 1.69. The van der Waals surface area contributed by atoms with Gasteiger partial charge < -0.3 is 15.5 Å². The number of amides is 1. The molecule has 0 aliphatic rings. The van der Waals surface area contributed by atoms with Crippen molar-refractivity contribution in [3.8, 4) is 0 Å². The summed E-state index contributed by atoms with van der Waals surface area (Å²) in [5.74, 6) is 0.151. The van der Waals surface area contributed by atoms with E-state index in [9.17, 15) is 4.79 Å². The second-order valence-electron chi connectivity index (χ2n) is 5.52. The third-order valence-electron chi connectivity index (χ3n) is 3.25. The maximum atomic E-state index is 12.1. The summed E-state index contributed by atoms with van der Waals surface area (Å²) in [6, 6.07) is 7.76. The molecule has 1 atom stereocenters. The summed E-state index contributed by atoms with van der Waals surface area (Å²) < 4.78 is 0. The van der Waals surface area contributed by atoms with Crippen molar-refractivity contribution in [1.29, 1.82) is 0 Å². The average Bonchev–Trinajstić information content (AvgIpc) is 2.37. The van der Waals surface area contributed by atoms with E-state index in [1.165, 1.54) is 0 Å². The van der Waals surface area contributed by atoms with Crippen molar-refractivity contribution in [1.82, 2.24) is 4.90 Å². The van der Waals surface area contributed by atoms with Crippen molar-refractivity contribution in [3.05, 3.63) is 29.8 Å². The van der Waals surface area contributed by atoms with E-state index < -0.39 is 6.04 Å². The number of hydrogen-bond donors (Lipinski definition) is 1. The van der Waals surface area contributed by atoms with Gasteiger partial charge in [-0.1, -0.05) is 26.0 Å². The molecule has 19 heavy (non-hydrogen) atoms. The zero-order valence-corrected chi connectivity index (χ0v) is 12.6. The highest BCUT2D eigenvalue weighted by atomic mass is 16.2. The molecule has 0 aromatic heterocycles. The fraction of sp³-hybridized carbons (Fsp3) is 0.533. The topological polar surface area (TPSA) is 49.6 Å². The van der Waals surface area contributed by atoms with Gasteiger partial charge in [0.1, 0.15) is 0 Å². The first-order chi connectivity index (χ1) is 8.82. The molecule has 0 aliphatic carbocycles. The van der Waals surface area contributed by atoms with Crippen LogP contribution < -0.4 is 10.6 Å². The van der Waals surface area contributed by atoms with Crippen LogP contribution in [0.5, 0.6) is 0 Å². The van der Waals surface area contributed by atoms with Crippen molar-refractivity contribution in [2.45, 2.75) is 26.4 Å². The van der Waals surface area contributed by atoms with E-state index in [4.69, 9.17) is 5.73 Å². The summed E-state index contributed by atoms with van der Waals surface area (Å²) in [6.45, 7) is 4.51. The summed E-state index contributed by atoms with van der Waals surface area (Å²) in [7, 11) is 5.81. The normalized spacial score (nSPS) is 12.4. The number of carbonyl (C=O) groups is 1. The first-order valence-corrected chi connectivity index (χ1v) is 6.59.